The number of fused-ring (bicyclic) bond motifs is 2. The Kier molecular flexibility index (Phi) is 5.95. The number of aromatic nitrogens is 6. The lowest BCUT2D eigenvalue weighted by Crippen LogP contribution is -2.15. The first-order valence-corrected chi connectivity index (χ1v) is 15.3. The summed E-state index contributed by atoms with van der Waals surface area (Å²) in [5.41, 5.74) is 11.5. The van der Waals surface area contributed by atoms with E-state index in [1.807, 2.05) is 30.9 Å². The first-order chi connectivity index (χ1) is 20.2. The fraction of sp³-hybridized carbons (Fsp3) is 0.273. The Hall–Kier alpha value is -4.30. The highest BCUT2D eigenvalue weighted by molar-refractivity contribution is 7.15. The number of aromatic amines is 2. The summed E-state index contributed by atoms with van der Waals surface area (Å²) in [5.74, 6) is 0.656. The third-order valence-electron chi connectivity index (χ3n) is 8.42. The van der Waals surface area contributed by atoms with Crippen molar-refractivity contribution in [3.05, 3.63) is 77.3 Å². The van der Waals surface area contributed by atoms with Crippen LogP contribution in [0.15, 0.2) is 72.5 Å². The van der Waals surface area contributed by atoms with E-state index in [2.05, 4.69) is 67.7 Å². The van der Waals surface area contributed by atoms with Crippen molar-refractivity contribution < 1.29 is 0 Å². The monoisotopic (exact) mass is 557 g/mol. The van der Waals surface area contributed by atoms with Gasteiger partial charge in [0.05, 0.1) is 40.5 Å². The molecule has 204 valence electrons. The molecule has 0 amide bonds. The Morgan fingerprint density at radius 1 is 0.927 bits per heavy atom. The number of nitrogens with one attached hydrogen (secondary N) is 3. The van der Waals surface area contributed by atoms with Gasteiger partial charge >= 0.3 is 0 Å². The van der Waals surface area contributed by atoms with Crippen molar-refractivity contribution in [2.45, 2.75) is 51.9 Å². The Morgan fingerprint density at radius 2 is 1.80 bits per heavy atom. The Morgan fingerprint density at radius 3 is 2.63 bits per heavy atom. The molecule has 8 rings (SSSR count). The Balaban J connectivity index is 1.14. The number of thiophene rings is 1. The first kappa shape index (κ1) is 24.5. The van der Waals surface area contributed by atoms with Gasteiger partial charge in [-0.3, -0.25) is 15.1 Å². The van der Waals surface area contributed by atoms with Crippen LogP contribution >= 0.6 is 11.3 Å². The van der Waals surface area contributed by atoms with Crippen LogP contribution in [0, 0.1) is 12.8 Å². The van der Waals surface area contributed by atoms with E-state index in [0.29, 0.717) is 5.92 Å². The topological polar surface area (TPSA) is 95.2 Å². The van der Waals surface area contributed by atoms with E-state index < -0.39 is 0 Å². The molecular formula is C33H31N7S. The maximum absolute atomic E-state index is 5.09. The molecule has 0 atom stereocenters. The summed E-state index contributed by atoms with van der Waals surface area (Å²) in [6.07, 6.45) is 16.7. The SMILES string of the molecule is Cc1ccc(-c2cncc3[nH]c(-c4n[nH]c5ccc(-c6cncc(NC(=C7CC7)C7CCCCC7)c6)nc45)cc23)s1. The molecule has 2 fully saturated rings. The first-order valence-electron chi connectivity index (χ1n) is 14.5. The lowest BCUT2D eigenvalue weighted by Gasteiger charge is -2.25. The van der Waals surface area contributed by atoms with E-state index in [4.69, 9.17) is 4.98 Å². The van der Waals surface area contributed by atoms with E-state index >= 15 is 0 Å². The zero-order chi connectivity index (χ0) is 27.3. The third-order valence-corrected chi connectivity index (χ3v) is 9.46. The summed E-state index contributed by atoms with van der Waals surface area (Å²) in [6.45, 7) is 2.13. The highest BCUT2D eigenvalue weighted by Crippen LogP contribution is 2.41. The quantitative estimate of drug-likeness (QED) is 0.190. The zero-order valence-electron chi connectivity index (χ0n) is 23.0. The normalized spacial score (nSPS) is 15.6. The summed E-state index contributed by atoms with van der Waals surface area (Å²) in [4.78, 5) is 20.2. The number of anilines is 1. The largest absolute Gasteiger partial charge is 0.357 e. The standard InChI is InChI=1S/C33H31N7S/c1-19-7-12-30(41-19)25-17-35-18-29-24(25)14-28(37-29)33-32-27(39-40-33)11-10-26(38-32)22-13-23(16-34-15-22)36-31(21-8-9-21)20-5-3-2-4-6-20/h7,10-18,20,36-37H,2-6,8-9H2,1H3,(H,39,40). The molecule has 2 aliphatic rings. The molecule has 2 aliphatic carbocycles. The third kappa shape index (κ3) is 4.62. The molecule has 6 aromatic rings. The molecule has 0 unspecified atom stereocenters. The molecule has 0 radical (unpaired) electrons. The average molecular weight is 558 g/mol. The molecule has 0 saturated heterocycles. The minimum atomic E-state index is 0.656. The van der Waals surface area contributed by atoms with Crippen LogP contribution in [0.2, 0.25) is 0 Å². The highest BCUT2D eigenvalue weighted by atomic mass is 32.1. The van der Waals surface area contributed by atoms with Crippen molar-refractivity contribution in [1.29, 1.82) is 0 Å². The summed E-state index contributed by atoms with van der Waals surface area (Å²) >= 11 is 1.78. The Labute approximate surface area is 242 Å². The summed E-state index contributed by atoms with van der Waals surface area (Å²) in [7, 11) is 0. The van der Waals surface area contributed by atoms with Gasteiger partial charge < -0.3 is 10.3 Å². The highest BCUT2D eigenvalue weighted by Gasteiger charge is 2.26. The lowest BCUT2D eigenvalue weighted by atomic mass is 9.86. The number of nitrogens with zero attached hydrogens (tertiary/aromatic N) is 4. The van der Waals surface area contributed by atoms with Crippen LogP contribution in [0.25, 0.3) is 55.0 Å². The summed E-state index contributed by atoms with van der Waals surface area (Å²) in [5, 5.41) is 12.8. The molecular weight excluding hydrogens is 526 g/mol. The molecule has 3 N–H and O–H groups in total. The van der Waals surface area contributed by atoms with Gasteiger partial charge in [0.1, 0.15) is 11.2 Å². The molecule has 41 heavy (non-hydrogen) atoms. The maximum Gasteiger partial charge on any atom is 0.135 e. The molecule has 7 nitrogen and oxygen atoms in total. The second-order valence-corrected chi connectivity index (χ2v) is 12.6. The number of rotatable bonds is 6. The molecule has 0 aromatic carbocycles. The van der Waals surface area contributed by atoms with Crippen molar-refractivity contribution in [2.75, 3.05) is 5.32 Å². The molecule has 0 spiro atoms. The molecule has 0 aliphatic heterocycles. The number of aryl methyl sites for hydroxylation is 1. The molecule has 6 heterocycles. The van der Waals surface area contributed by atoms with Crippen LogP contribution in [0.5, 0.6) is 0 Å². The van der Waals surface area contributed by atoms with Gasteiger partial charge in [0.15, 0.2) is 0 Å². The van der Waals surface area contributed by atoms with E-state index in [0.717, 1.165) is 55.8 Å². The van der Waals surface area contributed by atoms with Gasteiger partial charge in [-0.2, -0.15) is 5.10 Å². The van der Waals surface area contributed by atoms with Gasteiger partial charge in [-0.25, -0.2) is 4.98 Å². The van der Waals surface area contributed by atoms with Crippen LogP contribution in [0.4, 0.5) is 5.69 Å². The van der Waals surface area contributed by atoms with Crippen LogP contribution in [0.1, 0.15) is 49.8 Å². The number of hydrogen-bond donors (Lipinski definition) is 3. The molecule has 6 aromatic heterocycles. The van der Waals surface area contributed by atoms with E-state index in [1.54, 1.807) is 16.9 Å². The van der Waals surface area contributed by atoms with Gasteiger partial charge in [0.2, 0.25) is 0 Å². The molecule has 8 heteroatoms. The van der Waals surface area contributed by atoms with E-state index in [9.17, 15) is 0 Å². The number of hydrogen-bond acceptors (Lipinski definition) is 6. The molecule has 0 bridgehead atoms. The fourth-order valence-corrected chi connectivity index (χ4v) is 7.10. The number of pyridine rings is 3. The second-order valence-electron chi connectivity index (χ2n) is 11.3. The van der Waals surface area contributed by atoms with Gasteiger partial charge in [0.25, 0.3) is 0 Å². The maximum atomic E-state index is 5.09. The Bertz CT molecular complexity index is 1930. The van der Waals surface area contributed by atoms with Crippen molar-refractivity contribution in [1.82, 2.24) is 30.1 Å². The lowest BCUT2D eigenvalue weighted by molar-refractivity contribution is 0.403. The van der Waals surface area contributed by atoms with Crippen molar-refractivity contribution in [3.63, 3.8) is 0 Å². The average Bonchev–Trinajstić information content (AvgIpc) is 3.39. The second kappa shape index (κ2) is 9.96. The van der Waals surface area contributed by atoms with E-state index in [-0.39, 0.29) is 0 Å². The predicted octanol–water partition coefficient (Wildman–Crippen LogP) is 8.64. The van der Waals surface area contributed by atoms with Crippen LogP contribution in [0.3, 0.4) is 0 Å². The van der Waals surface area contributed by atoms with Crippen LogP contribution in [-0.4, -0.2) is 30.1 Å². The molecule has 2 saturated carbocycles. The van der Waals surface area contributed by atoms with Crippen molar-refractivity contribution in [2.24, 2.45) is 5.92 Å². The van der Waals surface area contributed by atoms with Crippen molar-refractivity contribution >= 4 is 39.0 Å². The van der Waals surface area contributed by atoms with Gasteiger partial charge in [-0.15, -0.1) is 11.3 Å². The summed E-state index contributed by atoms with van der Waals surface area (Å²) < 4.78 is 0. The fourth-order valence-electron chi connectivity index (χ4n) is 6.21. The minimum absolute atomic E-state index is 0.656. The predicted molar refractivity (Wildman–Crippen MR) is 167 cm³/mol. The zero-order valence-corrected chi connectivity index (χ0v) is 23.8. The van der Waals surface area contributed by atoms with Crippen LogP contribution < -0.4 is 5.32 Å². The summed E-state index contributed by atoms with van der Waals surface area (Å²) in [6, 6.07) is 12.7. The van der Waals surface area contributed by atoms with Crippen molar-refractivity contribution in [3.8, 4) is 33.1 Å². The van der Waals surface area contributed by atoms with E-state index in [1.165, 1.54) is 60.4 Å². The van der Waals surface area contributed by atoms with Gasteiger partial charge in [-0.05, 0) is 80.5 Å². The smallest absolute Gasteiger partial charge is 0.135 e. The van der Waals surface area contributed by atoms with Gasteiger partial charge in [-0.1, -0.05) is 19.3 Å². The minimum Gasteiger partial charge on any atom is -0.357 e. The van der Waals surface area contributed by atoms with Gasteiger partial charge in [0, 0.05) is 44.4 Å². The number of allylic oxidation sites excluding steroid dienone is 2. The number of H-pyrrole nitrogens is 2. The van der Waals surface area contributed by atoms with Crippen LogP contribution in [-0.2, 0) is 0 Å².